The molecule has 84 valence electrons. The minimum absolute atomic E-state index is 0.103. The van der Waals surface area contributed by atoms with Crippen molar-refractivity contribution >= 4 is 11.8 Å². The summed E-state index contributed by atoms with van der Waals surface area (Å²) in [5, 5.41) is 0. The predicted octanol–water partition coefficient (Wildman–Crippen LogP) is 1.06. The predicted molar refractivity (Wildman–Crippen MR) is 62.1 cm³/mol. The maximum absolute atomic E-state index is 10.8. The van der Waals surface area contributed by atoms with E-state index in [2.05, 4.69) is 21.6 Å². The number of esters is 1. The van der Waals surface area contributed by atoms with Crippen molar-refractivity contribution in [2.24, 2.45) is 0 Å². The largest absolute Gasteiger partial charge is 0.468 e. The molecule has 0 aliphatic rings. The van der Waals surface area contributed by atoms with Crippen molar-refractivity contribution in [3.8, 4) is 11.8 Å². The van der Waals surface area contributed by atoms with Crippen LogP contribution in [-0.4, -0.2) is 32.2 Å². The van der Waals surface area contributed by atoms with Crippen LogP contribution in [0.4, 0.5) is 5.82 Å². The van der Waals surface area contributed by atoms with E-state index in [0.717, 1.165) is 11.4 Å². The first kappa shape index (κ1) is 12.1. The number of methoxy groups -OCH3 is 1. The highest BCUT2D eigenvalue weighted by Crippen LogP contribution is 2.06. The Hall–Kier alpha value is -2.02. The van der Waals surface area contributed by atoms with Crippen LogP contribution in [0.1, 0.15) is 12.0 Å². The van der Waals surface area contributed by atoms with Gasteiger partial charge in [0.2, 0.25) is 0 Å². The molecule has 4 nitrogen and oxygen atoms in total. The van der Waals surface area contributed by atoms with Gasteiger partial charge >= 0.3 is 5.97 Å². The zero-order valence-corrected chi connectivity index (χ0v) is 9.65. The number of ether oxygens (including phenoxy) is 1. The third-order valence-corrected chi connectivity index (χ3v) is 1.90. The van der Waals surface area contributed by atoms with Gasteiger partial charge in [-0.25, -0.2) is 4.98 Å². The van der Waals surface area contributed by atoms with Crippen LogP contribution in [0, 0.1) is 11.8 Å². The molecule has 0 saturated heterocycles. The lowest BCUT2D eigenvalue weighted by Crippen LogP contribution is -2.10. The Morgan fingerprint density at radius 2 is 2.25 bits per heavy atom. The van der Waals surface area contributed by atoms with Gasteiger partial charge in [0.05, 0.1) is 7.11 Å². The summed E-state index contributed by atoms with van der Waals surface area (Å²) >= 11 is 0. The zero-order chi connectivity index (χ0) is 12.0. The number of carbonyl (C=O) groups excluding carboxylic acids is 1. The Bertz CT molecular complexity index is 413. The minimum Gasteiger partial charge on any atom is -0.468 e. The Morgan fingerprint density at radius 1 is 1.50 bits per heavy atom. The molecule has 1 aromatic rings. The molecule has 16 heavy (non-hydrogen) atoms. The van der Waals surface area contributed by atoms with E-state index in [1.165, 1.54) is 7.11 Å². The topological polar surface area (TPSA) is 42.4 Å². The Morgan fingerprint density at radius 3 is 2.75 bits per heavy atom. The van der Waals surface area contributed by atoms with E-state index in [4.69, 9.17) is 0 Å². The summed E-state index contributed by atoms with van der Waals surface area (Å²) < 4.78 is 4.47. The molecule has 0 atom stereocenters. The lowest BCUT2D eigenvalue weighted by molar-refractivity contribution is -0.139. The smallest absolute Gasteiger partial charge is 0.317 e. The van der Waals surface area contributed by atoms with Crippen LogP contribution in [0.2, 0.25) is 0 Å². The molecule has 0 unspecified atom stereocenters. The van der Waals surface area contributed by atoms with Gasteiger partial charge in [-0.15, -0.1) is 0 Å². The van der Waals surface area contributed by atoms with Crippen LogP contribution in [-0.2, 0) is 9.53 Å². The van der Waals surface area contributed by atoms with E-state index >= 15 is 0 Å². The number of rotatable bonds is 2. The van der Waals surface area contributed by atoms with E-state index in [-0.39, 0.29) is 12.4 Å². The van der Waals surface area contributed by atoms with Crippen LogP contribution in [0.5, 0.6) is 0 Å². The minimum atomic E-state index is -0.328. The molecule has 0 aliphatic heterocycles. The van der Waals surface area contributed by atoms with Gasteiger partial charge in [0.1, 0.15) is 12.2 Å². The van der Waals surface area contributed by atoms with E-state index in [0.29, 0.717) is 0 Å². The van der Waals surface area contributed by atoms with Crippen molar-refractivity contribution < 1.29 is 9.53 Å². The molecule has 0 bridgehead atoms. The number of carbonyl (C=O) groups is 1. The van der Waals surface area contributed by atoms with Gasteiger partial charge in [-0.05, 0) is 12.1 Å². The fourth-order valence-electron chi connectivity index (χ4n) is 1.02. The van der Waals surface area contributed by atoms with Crippen LogP contribution in [0.15, 0.2) is 18.3 Å². The molecule has 0 amide bonds. The number of hydrogen-bond acceptors (Lipinski definition) is 4. The zero-order valence-electron chi connectivity index (χ0n) is 9.65. The second-order valence-electron chi connectivity index (χ2n) is 3.35. The summed E-state index contributed by atoms with van der Waals surface area (Å²) in [5.41, 5.74) is 0.787. The number of aromatic nitrogens is 1. The lowest BCUT2D eigenvalue weighted by Gasteiger charge is -2.09. The molecular weight excluding hydrogens is 204 g/mol. The molecule has 1 heterocycles. The maximum Gasteiger partial charge on any atom is 0.317 e. The van der Waals surface area contributed by atoms with Crippen molar-refractivity contribution in [2.75, 3.05) is 26.1 Å². The Labute approximate surface area is 95.2 Å². The average molecular weight is 218 g/mol. The summed E-state index contributed by atoms with van der Waals surface area (Å²) in [4.78, 5) is 16.9. The van der Waals surface area contributed by atoms with Gasteiger partial charge in [-0.1, -0.05) is 11.8 Å². The highest BCUT2D eigenvalue weighted by molar-refractivity contribution is 5.72. The monoisotopic (exact) mass is 218 g/mol. The molecule has 0 fully saturated rings. The van der Waals surface area contributed by atoms with Crippen molar-refractivity contribution in [3.05, 3.63) is 23.9 Å². The number of anilines is 1. The normalized spacial score (nSPS) is 8.94. The molecule has 0 saturated carbocycles. The Kier molecular flexibility index (Phi) is 4.34. The van der Waals surface area contributed by atoms with E-state index < -0.39 is 0 Å². The molecule has 0 radical (unpaired) electrons. The molecular formula is C12H14N2O2. The lowest BCUT2D eigenvalue weighted by atomic mass is 10.2. The van der Waals surface area contributed by atoms with Crippen molar-refractivity contribution in [1.82, 2.24) is 4.98 Å². The van der Waals surface area contributed by atoms with Crippen LogP contribution in [0.25, 0.3) is 0 Å². The third-order valence-electron chi connectivity index (χ3n) is 1.90. The fourth-order valence-corrected chi connectivity index (χ4v) is 1.02. The quantitative estimate of drug-likeness (QED) is 0.550. The third kappa shape index (κ3) is 3.62. The van der Waals surface area contributed by atoms with Gasteiger partial charge in [-0.3, -0.25) is 4.79 Å². The van der Waals surface area contributed by atoms with Crippen LogP contribution >= 0.6 is 0 Å². The van der Waals surface area contributed by atoms with Crippen LogP contribution < -0.4 is 4.90 Å². The van der Waals surface area contributed by atoms with E-state index in [1.54, 1.807) is 6.20 Å². The summed E-state index contributed by atoms with van der Waals surface area (Å²) in [6.45, 7) is 0. The first-order chi connectivity index (χ1) is 7.63. The van der Waals surface area contributed by atoms with Crippen molar-refractivity contribution in [3.63, 3.8) is 0 Å². The molecule has 1 aromatic heterocycles. The number of hydrogen-bond donors (Lipinski definition) is 0. The van der Waals surface area contributed by atoms with Gasteiger partial charge in [-0.2, -0.15) is 0 Å². The van der Waals surface area contributed by atoms with E-state index in [1.807, 2.05) is 31.1 Å². The molecule has 4 heteroatoms. The fraction of sp³-hybridized carbons (Fsp3) is 0.333. The first-order valence-corrected chi connectivity index (χ1v) is 4.82. The second-order valence-corrected chi connectivity index (χ2v) is 3.35. The molecule has 1 rings (SSSR count). The highest BCUT2D eigenvalue weighted by atomic mass is 16.5. The average Bonchev–Trinajstić information content (AvgIpc) is 2.29. The first-order valence-electron chi connectivity index (χ1n) is 4.82. The Balaban J connectivity index is 2.65. The summed E-state index contributed by atoms with van der Waals surface area (Å²) in [6.07, 6.45) is 1.78. The van der Waals surface area contributed by atoms with E-state index in [9.17, 15) is 4.79 Å². The number of pyridine rings is 1. The van der Waals surface area contributed by atoms with Gasteiger partial charge in [0, 0.05) is 25.9 Å². The number of nitrogens with zero attached hydrogens (tertiary/aromatic N) is 2. The SMILES string of the molecule is COC(=O)CC#Cc1ccc(N(C)C)nc1. The summed E-state index contributed by atoms with van der Waals surface area (Å²) in [5.74, 6) is 6.11. The summed E-state index contributed by atoms with van der Waals surface area (Å²) in [6, 6.07) is 3.74. The molecule has 0 N–H and O–H groups in total. The van der Waals surface area contributed by atoms with Crippen LogP contribution in [0.3, 0.4) is 0 Å². The van der Waals surface area contributed by atoms with Crippen molar-refractivity contribution in [2.45, 2.75) is 6.42 Å². The highest BCUT2D eigenvalue weighted by Gasteiger charge is 1.96. The van der Waals surface area contributed by atoms with Gasteiger partial charge in [0.15, 0.2) is 0 Å². The standard InChI is InChI=1S/C12H14N2O2/c1-14(2)11-8-7-10(9-13-11)5-4-6-12(15)16-3/h7-9H,6H2,1-3H3. The summed E-state index contributed by atoms with van der Waals surface area (Å²) in [7, 11) is 5.19. The molecule has 0 spiro atoms. The van der Waals surface area contributed by atoms with Gasteiger partial charge in [0.25, 0.3) is 0 Å². The second kappa shape index (κ2) is 5.76. The van der Waals surface area contributed by atoms with Gasteiger partial charge < -0.3 is 9.64 Å². The molecule has 0 aliphatic carbocycles. The maximum atomic E-state index is 10.8. The van der Waals surface area contributed by atoms with Crippen molar-refractivity contribution in [1.29, 1.82) is 0 Å². The molecule has 0 aromatic carbocycles.